The van der Waals surface area contributed by atoms with E-state index in [1.165, 1.54) is 4.90 Å². The minimum absolute atomic E-state index is 0.0315. The van der Waals surface area contributed by atoms with Crippen molar-refractivity contribution in [3.8, 4) is 0 Å². The second-order valence-electron chi connectivity index (χ2n) is 12.8. The number of fused-ring (bicyclic) bond motifs is 1. The van der Waals surface area contributed by atoms with E-state index in [2.05, 4.69) is 18.5 Å². The fourth-order valence-electron chi connectivity index (χ4n) is 8.10. The zero-order valence-corrected chi connectivity index (χ0v) is 26.3. The molecule has 0 unspecified atom stereocenters. The number of rotatable bonds is 14. The van der Waals surface area contributed by atoms with Crippen molar-refractivity contribution in [1.82, 2.24) is 15.1 Å². The molecule has 244 valence electrons. The smallest absolute Gasteiger partial charge is 0.313 e. The van der Waals surface area contributed by atoms with Crippen molar-refractivity contribution in [3.63, 3.8) is 0 Å². The highest BCUT2D eigenvalue weighted by Gasteiger charge is 2.75. The first-order chi connectivity index (χ1) is 21.8. The van der Waals surface area contributed by atoms with Gasteiger partial charge in [-0.3, -0.25) is 19.2 Å². The summed E-state index contributed by atoms with van der Waals surface area (Å²) >= 11 is 0. The second kappa shape index (κ2) is 14.3. The van der Waals surface area contributed by atoms with Crippen LogP contribution in [0, 0.1) is 11.8 Å². The summed E-state index contributed by atoms with van der Waals surface area (Å²) in [5.74, 6) is -3.17. The number of amides is 3. The van der Waals surface area contributed by atoms with Crippen molar-refractivity contribution in [2.45, 2.75) is 101 Å². The normalized spacial score (nSPS) is 28.7. The average molecular weight is 622 g/mol. The van der Waals surface area contributed by atoms with Gasteiger partial charge in [-0.1, -0.05) is 61.7 Å². The van der Waals surface area contributed by atoms with E-state index in [9.17, 15) is 24.3 Å². The average Bonchev–Trinajstić information content (AvgIpc) is 3.69. The molecule has 10 heteroatoms. The molecule has 3 amide bonds. The zero-order valence-electron chi connectivity index (χ0n) is 26.3. The molecular weight excluding hydrogens is 574 g/mol. The number of β-amino-alcohol motifs (C(OH)–C–C–N with tert-alkyl or cyclic N) is 1. The molecular formula is C35H47N3O7. The topological polar surface area (TPSA) is 125 Å². The Morgan fingerprint density at radius 1 is 1.16 bits per heavy atom. The molecule has 0 radical (unpaired) electrons. The number of ether oxygens (including phenoxy) is 2. The third kappa shape index (κ3) is 6.31. The summed E-state index contributed by atoms with van der Waals surface area (Å²) in [6.07, 6.45) is 8.73. The summed E-state index contributed by atoms with van der Waals surface area (Å²) in [6, 6.07) is 7.74. The summed E-state index contributed by atoms with van der Waals surface area (Å²) in [5.41, 5.74) is -0.472. The van der Waals surface area contributed by atoms with Crippen molar-refractivity contribution in [2.24, 2.45) is 11.8 Å². The van der Waals surface area contributed by atoms with Crippen molar-refractivity contribution >= 4 is 23.7 Å². The quantitative estimate of drug-likeness (QED) is 0.241. The predicted molar refractivity (Wildman–Crippen MR) is 167 cm³/mol. The van der Waals surface area contributed by atoms with Gasteiger partial charge in [0.2, 0.25) is 17.7 Å². The largest absolute Gasteiger partial charge is 0.455 e. The van der Waals surface area contributed by atoms with E-state index in [-0.39, 0.29) is 43.3 Å². The molecule has 3 heterocycles. The lowest BCUT2D eigenvalue weighted by molar-refractivity contribution is -0.162. The number of esters is 1. The van der Waals surface area contributed by atoms with Crippen LogP contribution in [0.2, 0.25) is 0 Å². The van der Waals surface area contributed by atoms with E-state index in [0.717, 1.165) is 32.1 Å². The number of nitrogens with one attached hydrogen (secondary N) is 1. The molecule has 3 aliphatic heterocycles. The number of likely N-dealkylation sites (tertiary alicyclic amines) is 1. The number of allylic oxidation sites excluding steroid dienone is 1. The van der Waals surface area contributed by atoms with E-state index in [1.54, 1.807) is 19.1 Å². The van der Waals surface area contributed by atoms with E-state index in [0.29, 0.717) is 31.4 Å². The molecule has 1 aromatic rings. The third-order valence-electron chi connectivity index (χ3n) is 10.1. The summed E-state index contributed by atoms with van der Waals surface area (Å²) < 4.78 is 12.8. The molecule has 4 fully saturated rings. The summed E-state index contributed by atoms with van der Waals surface area (Å²) in [5, 5.41) is 12.9. The molecule has 0 aromatic heterocycles. The molecule has 7 atom stereocenters. The lowest BCUT2D eigenvalue weighted by atomic mass is 9.70. The number of hydrogen-bond donors (Lipinski definition) is 2. The Bertz CT molecular complexity index is 1260. The predicted octanol–water partition coefficient (Wildman–Crippen LogP) is 3.46. The number of carbonyl (C=O) groups excluding carboxylic acids is 4. The van der Waals surface area contributed by atoms with Gasteiger partial charge in [-0.25, -0.2) is 0 Å². The Balaban J connectivity index is 1.43. The molecule has 2 bridgehead atoms. The standard InChI is InChI=1S/C35H47N3O7/c1-4-6-17-27(40)36-23(3)30(24-13-9-7-10-14-24)44-34(43)28-26-18-19-35(45-26)29(28)32(41)38(21-22-39)31(35)33(42)37(20-5-2)25-15-11-8-12-16-25/h4-5,7,9-10,13-14,23,25-26,28-31,39H,1-2,6,8,11-12,15-22H2,3H3,(H,36,40)/t23-,26+,28-,29-,30-,31+,35-/m1/s1. The maximum atomic E-state index is 14.5. The van der Waals surface area contributed by atoms with E-state index < -0.39 is 47.7 Å². The third-order valence-corrected chi connectivity index (χ3v) is 10.1. The summed E-state index contributed by atoms with van der Waals surface area (Å²) in [7, 11) is 0. The van der Waals surface area contributed by atoms with Crippen LogP contribution in [0.3, 0.4) is 0 Å². The molecule has 5 rings (SSSR count). The van der Waals surface area contributed by atoms with Crippen LogP contribution in [-0.2, 0) is 28.7 Å². The van der Waals surface area contributed by atoms with Crippen molar-refractivity contribution in [2.75, 3.05) is 19.7 Å². The number of aliphatic hydroxyl groups excluding tert-OH is 1. The van der Waals surface area contributed by atoms with Crippen LogP contribution in [0.15, 0.2) is 55.6 Å². The second-order valence-corrected chi connectivity index (χ2v) is 12.8. The summed E-state index contributed by atoms with van der Waals surface area (Å²) in [6.45, 7) is 9.34. The minimum Gasteiger partial charge on any atom is -0.455 e. The van der Waals surface area contributed by atoms with Crippen LogP contribution < -0.4 is 5.32 Å². The van der Waals surface area contributed by atoms with Crippen molar-refractivity contribution in [3.05, 3.63) is 61.2 Å². The van der Waals surface area contributed by atoms with E-state index in [1.807, 2.05) is 35.2 Å². The van der Waals surface area contributed by atoms with Crippen molar-refractivity contribution < 1.29 is 33.8 Å². The van der Waals surface area contributed by atoms with E-state index in [4.69, 9.17) is 9.47 Å². The Hall–Kier alpha value is -3.50. The Labute approximate surface area is 265 Å². The lowest BCUT2D eigenvalue weighted by Crippen LogP contribution is -2.58. The van der Waals surface area contributed by atoms with Gasteiger partial charge in [-0.2, -0.15) is 0 Å². The van der Waals surface area contributed by atoms with Gasteiger partial charge < -0.3 is 29.7 Å². The maximum Gasteiger partial charge on any atom is 0.313 e. The molecule has 1 aliphatic carbocycles. The molecule has 4 aliphatic rings. The fraction of sp³-hybridized carbons (Fsp3) is 0.600. The van der Waals surface area contributed by atoms with Crippen LogP contribution in [-0.4, -0.2) is 88.1 Å². The van der Waals surface area contributed by atoms with Gasteiger partial charge in [0.1, 0.15) is 17.7 Å². The van der Waals surface area contributed by atoms with Gasteiger partial charge in [-0.05, 0) is 44.6 Å². The number of nitrogens with zero attached hydrogens (tertiary/aromatic N) is 2. The molecule has 3 saturated heterocycles. The Morgan fingerprint density at radius 2 is 1.89 bits per heavy atom. The van der Waals surface area contributed by atoms with Gasteiger partial charge >= 0.3 is 5.97 Å². The van der Waals surface area contributed by atoms with Gasteiger partial charge in [0.15, 0.2) is 0 Å². The molecule has 1 spiro atoms. The number of hydrogen-bond acceptors (Lipinski definition) is 7. The Kier molecular flexibility index (Phi) is 10.4. The van der Waals surface area contributed by atoms with Gasteiger partial charge in [-0.15, -0.1) is 13.2 Å². The highest BCUT2D eigenvalue weighted by atomic mass is 16.6. The van der Waals surface area contributed by atoms with Crippen LogP contribution in [0.25, 0.3) is 0 Å². The highest BCUT2D eigenvalue weighted by Crippen LogP contribution is 2.59. The van der Waals surface area contributed by atoms with Crippen LogP contribution in [0.1, 0.15) is 76.4 Å². The van der Waals surface area contributed by atoms with Crippen LogP contribution >= 0.6 is 0 Å². The first-order valence-corrected chi connectivity index (χ1v) is 16.4. The fourth-order valence-corrected chi connectivity index (χ4v) is 8.10. The number of benzene rings is 1. The van der Waals surface area contributed by atoms with Crippen LogP contribution in [0.4, 0.5) is 0 Å². The van der Waals surface area contributed by atoms with Gasteiger partial charge in [0.25, 0.3) is 0 Å². The number of aliphatic hydroxyl groups is 1. The molecule has 1 saturated carbocycles. The molecule has 1 aromatic carbocycles. The lowest BCUT2D eigenvalue weighted by Gasteiger charge is -2.40. The minimum atomic E-state index is -1.18. The monoisotopic (exact) mass is 621 g/mol. The zero-order chi connectivity index (χ0) is 32.1. The number of carbonyl (C=O) groups is 4. The first-order valence-electron chi connectivity index (χ1n) is 16.4. The van der Waals surface area contributed by atoms with Crippen molar-refractivity contribution in [1.29, 1.82) is 0 Å². The molecule has 10 nitrogen and oxygen atoms in total. The first kappa shape index (κ1) is 32.9. The van der Waals surface area contributed by atoms with Gasteiger partial charge in [0.05, 0.1) is 30.6 Å². The van der Waals surface area contributed by atoms with Gasteiger partial charge in [0, 0.05) is 25.6 Å². The summed E-state index contributed by atoms with van der Waals surface area (Å²) in [4.78, 5) is 58.6. The SMILES string of the molecule is C=CCCC(=O)N[C@H](C)[C@@H](OC(=O)[C@@H]1[C@@H]2CC[C@]3(O2)[C@H](C(=O)N(CC=C)C2CCCCC2)N(CCO)C(=O)[C@@H]13)c1ccccc1. The van der Waals surface area contributed by atoms with E-state index >= 15 is 0 Å². The maximum absolute atomic E-state index is 14.5. The molecule has 2 N–H and O–H groups in total. The highest BCUT2D eigenvalue weighted by molar-refractivity contribution is 5.98. The molecule has 45 heavy (non-hydrogen) atoms. The Morgan fingerprint density at radius 3 is 2.56 bits per heavy atom. The van der Waals surface area contributed by atoms with Crippen LogP contribution in [0.5, 0.6) is 0 Å².